The van der Waals surface area contributed by atoms with Gasteiger partial charge in [-0.05, 0) is 27.2 Å². The zero-order chi connectivity index (χ0) is 24.6. The van der Waals surface area contributed by atoms with E-state index in [1.807, 2.05) is 20.8 Å². The number of nitrogens with zero attached hydrogens (tertiary/aromatic N) is 1. The molecule has 0 aromatic carbocycles. The lowest BCUT2D eigenvalue weighted by atomic mass is 10.1. The standard InChI is InChI=1S/C26H53NO6/c1-6-7-8-9-10-11-12-13-14-15-17-29-19-21-31-23-24-32-22-20-30-18-16-27(5)25(28)33-26(2,3)4/h6-24H2,1-5H3. The molecule has 7 nitrogen and oxygen atoms in total. The van der Waals surface area contributed by atoms with Crippen LogP contribution in [0.25, 0.3) is 0 Å². The van der Waals surface area contributed by atoms with Gasteiger partial charge in [0.05, 0.1) is 46.2 Å². The molecule has 7 heteroatoms. The Morgan fingerprint density at radius 2 is 1.00 bits per heavy atom. The SMILES string of the molecule is CCCCCCCCCCCCOCCOCCOCCOCCN(C)C(=O)OC(C)(C)C. The van der Waals surface area contributed by atoms with Gasteiger partial charge in [0.2, 0.25) is 0 Å². The summed E-state index contributed by atoms with van der Waals surface area (Å²) in [7, 11) is 1.70. The molecule has 0 heterocycles. The van der Waals surface area contributed by atoms with Crippen LogP contribution in [0.2, 0.25) is 0 Å². The van der Waals surface area contributed by atoms with E-state index in [-0.39, 0.29) is 6.09 Å². The van der Waals surface area contributed by atoms with E-state index in [9.17, 15) is 4.79 Å². The Morgan fingerprint density at radius 3 is 1.45 bits per heavy atom. The predicted octanol–water partition coefficient (Wildman–Crippen LogP) is 5.84. The third-order valence-electron chi connectivity index (χ3n) is 5.03. The van der Waals surface area contributed by atoms with Gasteiger partial charge in [-0.25, -0.2) is 4.79 Å². The van der Waals surface area contributed by atoms with Gasteiger partial charge in [-0.2, -0.15) is 0 Å². The molecular formula is C26H53NO6. The van der Waals surface area contributed by atoms with Crippen LogP contribution in [0.1, 0.15) is 91.9 Å². The van der Waals surface area contributed by atoms with Crippen LogP contribution in [0, 0.1) is 0 Å². The van der Waals surface area contributed by atoms with Crippen LogP contribution in [-0.4, -0.2) is 83.0 Å². The molecule has 1 amide bonds. The molecule has 0 aliphatic heterocycles. The van der Waals surface area contributed by atoms with Crippen molar-refractivity contribution < 1.29 is 28.5 Å². The summed E-state index contributed by atoms with van der Waals surface area (Å²) in [4.78, 5) is 13.3. The highest BCUT2D eigenvalue weighted by Gasteiger charge is 2.19. The molecule has 0 aromatic rings. The summed E-state index contributed by atoms with van der Waals surface area (Å²) in [5.74, 6) is 0. The van der Waals surface area contributed by atoms with Gasteiger partial charge in [0.15, 0.2) is 0 Å². The van der Waals surface area contributed by atoms with Crippen molar-refractivity contribution in [2.45, 2.75) is 97.5 Å². The lowest BCUT2D eigenvalue weighted by Crippen LogP contribution is -2.36. The van der Waals surface area contributed by atoms with Crippen molar-refractivity contribution >= 4 is 6.09 Å². The molecule has 0 aliphatic carbocycles. The number of ether oxygens (including phenoxy) is 5. The zero-order valence-corrected chi connectivity index (χ0v) is 22.3. The van der Waals surface area contributed by atoms with Gasteiger partial charge in [-0.1, -0.05) is 64.7 Å². The molecule has 0 radical (unpaired) electrons. The third-order valence-corrected chi connectivity index (χ3v) is 5.03. The average molecular weight is 476 g/mol. The molecular weight excluding hydrogens is 422 g/mol. The maximum Gasteiger partial charge on any atom is 0.410 e. The van der Waals surface area contributed by atoms with Crippen molar-refractivity contribution in [1.82, 2.24) is 4.90 Å². The van der Waals surface area contributed by atoms with Gasteiger partial charge in [0, 0.05) is 20.2 Å². The van der Waals surface area contributed by atoms with Crippen LogP contribution in [0.4, 0.5) is 4.79 Å². The Labute approximate surface area is 203 Å². The van der Waals surface area contributed by atoms with E-state index in [4.69, 9.17) is 23.7 Å². The summed E-state index contributed by atoms with van der Waals surface area (Å²) >= 11 is 0. The number of amides is 1. The van der Waals surface area contributed by atoms with Crippen molar-refractivity contribution in [3.8, 4) is 0 Å². The van der Waals surface area contributed by atoms with Crippen LogP contribution in [0.15, 0.2) is 0 Å². The maximum absolute atomic E-state index is 11.8. The summed E-state index contributed by atoms with van der Waals surface area (Å²) in [5, 5.41) is 0. The van der Waals surface area contributed by atoms with E-state index in [2.05, 4.69) is 6.92 Å². The highest BCUT2D eigenvalue weighted by atomic mass is 16.6. The van der Waals surface area contributed by atoms with Gasteiger partial charge in [-0.15, -0.1) is 0 Å². The van der Waals surface area contributed by atoms with E-state index in [0.717, 1.165) is 13.0 Å². The summed E-state index contributed by atoms with van der Waals surface area (Å²) < 4.78 is 27.4. The van der Waals surface area contributed by atoms with E-state index >= 15 is 0 Å². The van der Waals surface area contributed by atoms with E-state index in [1.165, 1.54) is 62.7 Å². The Hall–Kier alpha value is -0.890. The minimum absolute atomic E-state index is 0.341. The molecule has 0 atom stereocenters. The number of hydrogen-bond acceptors (Lipinski definition) is 6. The molecule has 33 heavy (non-hydrogen) atoms. The number of likely N-dealkylation sites (N-methyl/N-ethyl adjacent to an activating group) is 1. The Kier molecular flexibility index (Phi) is 22.3. The maximum atomic E-state index is 11.8. The van der Waals surface area contributed by atoms with Crippen molar-refractivity contribution in [1.29, 1.82) is 0 Å². The molecule has 0 bridgehead atoms. The molecule has 0 spiro atoms. The van der Waals surface area contributed by atoms with Crippen molar-refractivity contribution in [2.75, 3.05) is 66.4 Å². The van der Waals surface area contributed by atoms with E-state index < -0.39 is 5.60 Å². The van der Waals surface area contributed by atoms with Crippen molar-refractivity contribution in [2.24, 2.45) is 0 Å². The number of carbonyl (C=O) groups is 1. The Morgan fingerprint density at radius 1 is 0.606 bits per heavy atom. The first-order valence-corrected chi connectivity index (χ1v) is 13.1. The molecule has 0 N–H and O–H groups in total. The molecule has 0 aliphatic rings. The average Bonchev–Trinajstić information content (AvgIpc) is 2.76. The minimum Gasteiger partial charge on any atom is -0.444 e. The fourth-order valence-electron chi connectivity index (χ4n) is 3.09. The van der Waals surface area contributed by atoms with Crippen LogP contribution in [-0.2, 0) is 23.7 Å². The first kappa shape index (κ1) is 32.1. The summed E-state index contributed by atoms with van der Waals surface area (Å²) in [6.07, 6.45) is 13.1. The third kappa shape index (κ3) is 25.6. The van der Waals surface area contributed by atoms with Gasteiger partial charge < -0.3 is 28.6 Å². The van der Waals surface area contributed by atoms with Crippen LogP contribution >= 0.6 is 0 Å². The van der Waals surface area contributed by atoms with E-state index in [0.29, 0.717) is 52.8 Å². The topological polar surface area (TPSA) is 66.5 Å². The van der Waals surface area contributed by atoms with Crippen molar-refractivity contribution in [3.63, 3.8) is 0 Å². The quantitative estimate of drug-likeness (QED) is 0.173. The van der Waals surface area contributed by atoms with Crippen molar-refractivity contribution in [3.05, 3.63) is 0 Å². The van der Waals surface area contributed by atoms with Crippen LogP contribution in [0.5, 0.6) is 0 Å². The second-order valence-corrected chi connectivity index (χ2v) is 9.53. The lowest BCUT2D eigenvalue weighted by Gasteiger charge is -2.24. The molecule has 0 fully saturated rings. The predicted molar refractivity (Wildman–Crippen MR) is 134 cm³/mol. The second-order valence-electron chi connectivity index (χ2n) is 9.53. The molecule has 0 aromatic heterocycles. The van der Waals surface area contributed by atoms with Gasteiger partial charge in [-0.3, -0.25) is 0 Å². The molecule has 198 valence electrons. The van der Waals surface area contributed by atoms with Gasteiger partial charge in [0.1, 0.15) is 5.60 Å². The fraction of sp³-hybridized carbons (Fsp3) is 0.962. The molecule has 0 saturated carbocycles. The summed E-state index contributed by atoms with van der Waals surface area (Å²) in [6.45, 7) is 12.9. The van der Waals surface area contributed by atoms with E-state index in [1.54, 1.807) is 7.05 Å². The lowest BCUT2D eigenvalue weighted by molar-refractivity contribution is -0.00593. The highest BCUT2D eigenvalue weighted by molar-refractivity contribution is 5.67. The Balaban J connectivity index is 3.19. The smallest absolute Gasteiger partial charge is 0.410 e. The second kappa shape index (κ2) is 22.9. The molecule has 0 unspecified atom stereocenters. The van der Waals surface area contributed by atoms with Crippen LogP contribution in [0.3, 0.4) is 0 Å². The number of unbranched alkanes of at least 4 members (excludes halogenated alkanes) is 9. The monoisotopic (exact) mass is 475 g/mol. The molecule has 0 saturated heterocycles. The van der Waals surface area contributed by atoms with Crippen LogP contribution < -0.4 is 0 Å². The first-order valence-electron chi connectivity index (χ1n) is 13.1. The molecule has 0 rings (SSSR count). The van der Waals surface area contributed by atoms with Gasteiger partial charge >= 0.3 is 6.09 Å². The summed E-state index contributed by atoms with van der Waals surface area (Å²) in [5.41, 5.74) is -0.485. The highest BCUT2D eigenvalue weighted by Crippen LogP contribution is 2.10. The minimum atomic E-state index is -0.485. The summed E-state index contributed by atoms with van der Waals surface area (Å²) in [6, 6.07) is 0. The fourth-order valence-corrected chi connectivity index (χ4v) is 3.09. The van der Waals surface area contributed by atoms with Gasteiger partial charge in [0.25, 0.3) is 0 Å². The normalized spacial score (nSPS) is 11.7. The Bertz CT molecular complexity index is 427. The number of rotatable bonds is 23. The largest absolute Gasteiger partial charge is 0.444 e. The number of hydrogen-bond donors (Lipinski definition) is 0. The zero-order valence-electron chi connectivity index (χ0n) is 22.3. The number of carbonyl (C=O) groups excluding carboxylic acids is 1. The first-order chi connectivity index (χ1) is 15.9.